The predicted octanol–water partition coefficient (Wildman–Crippen LogP) is 3.83. The maximum Gasteiger partial charge on any atom is 0.228 e. The fourth-order valence-corrected chi connectivity index (χ4v) is 4.30. The molecule has 158 valence electrons. The summed E-state index contributed by atoms with van der Waals surface area (Å²) in [6.45, 7) is 7.38. The molecule has 8 nitrogen and oxygen atoms in total. The number of fused-ring (bicyclic) bond motifs is 1. The van der Waals surface area contributed by atoms with Gasteiger partial charge in [0.1, 0.15) is 11.9 Å². The first kappa shape index (κ1) is 19.5. The fourth-order valence-electron chi connectivity index (χ4n) is 4.30. The molecule has 0 bridgehead atoms. The van der Waals surface area contributed by atoms with Crippen molar-refractivity contribution in [3.8, 4) is 17.3 Å². The van der Waals surface area contributed by atoms with Crippen LogP contribution in [0.5, 0.6) is 0 Å². The molecule has 1 aromatic carbocycles. The third-order valence-electron chi connectivity index (χ3n) is 5.95. The van der Waals surface area contributed by atoms with Crippen molar-refractivity contribution in [3.63, 3.8) is 0 Å². The van der Waals surface area contributed by atoms with Crippen LogP contribution >= 0.6 is 0 Å². The molecular formula is C23H25N7O. The van der Waals surface area contributed by atoms with Gasteiger partial charge in [-0.05, 0) is 37.1 Å². The Hall–Kier alpha value is -3.44. The summed E-state index contributed by atoms with van der Waals surface area (Å²) in [4.78, 5) is 9.14. The van der Waals surface area contributed by atoms with Gasteiger partial charge in [0.15, 0.2) is 0 Å². The van der Waals surface area contributed by atoms with Gasteiger partial charge in [0, 0.05) is 49.4 Å². The van der Waals surface area contributed by atoms with Crippen molar-refractivity contribution >= 4 is 17.5 Å². The summed E-state index contributed by atoms with van der Waals surface area (Å²) in [5, 5.41) is 20.9. The number of aromatic nitrogens is 4. The van der Waals surface area contributed by atoms with E-state index in [9.17, 15) is 5.26 Å². The molecule has 3 aromatic rings. The largest absolute Gasteiger partial charge is 0.383 e. The van der Waals surface area contributed by atoms with E-state index in [-0.39, 0.29) is 0 Å². The van der Waals surface area contributed by atoms with Gasteiger partial charge < -0.3 is 15.4 Å². The minimum atomic E-state index is 0.360. The monoisotopic (exact) mass is 415 g/mol. The van der Waals surface area contributed by atoms with Crippen LogP contribution in [0.15, 0.2) is 30.5 Å². The summed E-state index contributed by atoms with van der Waals surface area (Å²) >= 11 is 0. The lowest BCUT2D eigenvalue weighted by atomic mass is 9.96. The zero-order chi connectivity index (χ0) is 21.4. The molecule has 2 aliphatic heterocycles. The fraction of sp³-hybridized carbons (Fsp3) is 0.391. The lowest BCUT2D eigenvalue weighted by Crippen LogP contribution is -2.14. The van der Waals surface area contributed by atoms with Crippen LogP contribution in [0.2, 0.25) is 0 Å². The first-order valence-corrected chi connectivity index (χ1v) is 10.7. The van der Waals surface area contributed by atoms with Gasteiger partial charge >= 0.3 is 0 Å². The molecule has 2 aliphatic rings. The van der Waals surface area contributed by atoms with Gasteiger partial charge in [-0.1, -0.05) is 6.92 Å². The average molecular weight is 416 g/mol. The second-order valence-electron chi connectivity index (χ2n) is 8.35. The minimum absolute atomic E-state index is 0.360. The summed E-state index contributed by atoms with van der Waals surface area (Å²) in [6, 6.07) is 10.2. The Morgan fingerprint density at radius 2 is 2.26 bits per heavy atom. The highest BCUT2D eigenvalue weighted by atomic mass is 16.5. The second kappa shape index (κ2) is 8.00. The van der Waals surface area contributed by atoms with Crippen molar-refractivity contribution in [3.05, 3.63) is 47.3 Å². The van der Waals surface area contributed by atoms with Gasteiger partial charge in [0.2, 0.25) is 5.95 Å². The number of nitrogens with zero attached hydrogens (tertiary/aromatic N) is 5. The third-order valence-corrected chi connectivity index (χ3v) is 5.95. The molecule has 8 heteroatoms. The number of nitrogens with one attached hydrogen (secondary N) is 2. The van der Waals surface area contributed by atoms with Gasteiger partial charge in [-0.15, -0.1) is 0 Å². The van der Waals surface area contributed by atoms with Gasteiger partial charge in [0.25, 0.3) is 0 Å². The van der Waals surface area contributed by atoms with E-state index in [0.717, 1.165) is 66.7 Å². The van der Waals surface area contributed by atoms with Crippen LogP contribution in [0.4, 0.5) is 17.5 Å². The Morgan fingerprint density at radius 3 is 3.06 bits per heavy atom. The van der Waals surface area contributed by atoms with Crippen molar-refractivity contribution in [2.24, 2.45) is 5.92 Å². The van der Waals surface area contributed by atoms with Crippen LogP contribution in [-0.4, -0.2) is 39.5 Å². The Bertz CT molecular complexity index is 1160. The van der Waals surface area contributed by atoms with E-state index in [2.05, 4.69) is 39.8 Å². The molecule has 4 heterocycles. The van der Waals surface area contributed by atoms with E-state index in [1.807, 2.05) is 29.8 Å². The number of hydrogen-bond acceptors (Lipinski definition) is 7. The highest BCUT2D eigenvalue weighted by Gasteiger charge is 2.23. The van der Waals surface area contributed by atoms with Crippen LogP contribution < -0.4 is 10.6 Å². The molecule has 31 heavy (non-hydrogen) atoms. The molecular weight excluding hydrogens is 390 g/mol. The first-order chi connectivity index (χ1) is 15.1. The lowest BCUT2D eigenvalue weighted by Gasteiger charge is -2.13. The zero-order valence-corrected chi connectivity index (χ0v) is 17.7. The third kappa shape index (κ3) is 3.84. The van der Waals surface area contributed by atoms with Gasteiger partial charge in [-0.25, -0.2) is 14.6 Å². The normalized spacial score (nSPS) is 19.6. The second-order valence-corrected chi connectivity index (χ2v) is 8.35. The molecule has 2 N–H and O–H groups in total. The minimum Gasteiger partial charge on any atom is -0.383 e. The van der Waals surface area contributed by atoms with Crippen LogP contribution in [-0.2, 0) is 11.3 Å². The Balaban J connectivity index is 1.43. The van der Waals surface area contributed by atoms with E-state index < -0.39 is 0 Å². The van der Waals surface area contributed by atoms with E-state index in [1.54, 1.807) is 6.20 Å². The van der Waals surface area contributed by atoms with E-state index in [0.29, 0.717) is 23.3 Å². The molecule has 0 radical (unpaired) electrons. The maximum absolute atomic E-state index is 9.60. The molecule has 0 aliphatic carbocycles. The van der Waals surface area contributed by atoms with Crippen LogP contribution in [0.1, 0.15) is 36.1 Å². The number of aryl methyl sites for hydroxylation is 1. The summed E-state index contributed by atoms with van der Waals surface area (Å²) < 4.78 is 7.48. The average Bonchev–Trinajstić information content (AvgIpc) is 3.50. The quantitative estimate of drug-likeness (QED) is 0.653. The van der Waals surface area contributed by atoms with Crippen LogP contribution in [0.3, 0.4) is 0 Å². The molecule has 0 saturated carbocycles. The predicted molar refractivity (Wildman–Crippen MR) is 118 cm³/mol. The molecule has 2 atom stereocenters. The van der Waals surface area contributed by atoms with Crippen molar-refractivity contribution < 1.29 is 4.74 Å². The topological polar surface area (TPSA) is 101 Å². The molecule has 2 unspecified atom stereocenters. The summed E-state index contributed by atoms with van der Waals surface area (Å²) in [5.41, 5.74) is 5.40. The van der Waals surface area contributed by atoms with Crippen molar-refractivity contribution in [2.45, 2.75) is 32.7 Å². The van der Waals surface area contributed by atoms with E-state index in [4.69, 9.17) is 9.72 Å². The molecule has 5 rings (SSSR count). The van der Waals surface area contributed by atoms with Crippen LogP contribution in [0, 0.1) is 24.2 Å². The summed E-state index contributed by atoms with van der Waals surface area (Å²) in [5.74, 6) is 2.20. The molecule has 0 amide bonds. The lowest BCUT2D eigenvalue weighted by molar-refractivity contribution is 0.181. The highest BCUT2D eigenvalue weighted by Crippen LogP contribution is 2.37. The summed E-state index contributed by atoms with van der Waals surface area (Å²) in [6.07, 6.45) is 2.79. The Morgan fingerprint density at radius 1 is 1.35 bits per heavy atom. The van der Waals surface area contributed by atoms with Crippen molar-refractivity contribution in [1.82, 2.24) is 19.7 Å². The van der Waals surface area contributed by atoms with Crippen molar-refractivity contribution in [1.29, 1.82) is 5.26 Å². The standard InChI is InChI=1S/C23H25N7O/c1-14-11-26-22-18(10-24)8-17(9-19(14)22)20-3-5-25-23(27-20)28-21-7-15(2)29-30(21)12-16-4-6-31-13-16/h3,5,7-9,14,16,26H,4,6,11-13H2,1-2H3,(H,25,27,28). The SMILES string of the molecule is Cc1cc(Nc2nccc(-c3cc(C#N)c4c(c3)C(C)CN4)n2)n(CC2CCOC2)n1. The number of rotatable bonds is 5. The van der Waals surface area contributed by atoms with Crippen molar-refractivity contribution in [2.75, 3.05) is 30.4 Å². The zero-order valence-electron chi connectivity index (χ0n) is 17.7. The molecule has 1 saturated heterocycles. The number of nitriles is 1. The van der Waals surface area contributed by atoms with E-state index >= 15 is 0 Å². The van der Waals surface area contributed by atoms with Gasteiger partial charge in [0.05, 0.1) is 29.2 Å². The molecule has 0 spiro atoms. The maximum atomic E-state index is 9.60. The van der Waals surface area contributed by atoms with Gasteiger partial charge in [-0.3, -0.25) is 0 Å². The molecule has 1 fully saturated rings. The number of ether oxygens (including phenoxy) is 1. The Labute approximate surface area is 181 Å². The highest BCUT2D eigenvalue weighted by molar-refractivity contribution is 5.75. The van der Waals surface area contributed by atoms with Gasteiger partial charge in [-0.2, -0.15) is 10.4 Å². The summed E-state index contributed by atoms with van der Waals surface area (Å²) in [7, 11) is 0. The Kier molecular flexibility index (Phi) is 5.04. The smallest absolute Gasteiger partial charge is 0.228 e. The van der Waals surface area contributed by atoms with E-state index in [1.165, 1.54) is 0 Å². The number of anilines is 3. The first-order valence-electron chi connectivity index (χ1n) is 10.7. The van der Waals surface area contributed by atoms with Crippen LogP contribution in [0.25, 0.3) is 11.3 Å². The molecule has 2 aromatic heterocycles. The number of hydrogen-bond donors (Lipinski definition) is 2. The number of benzene rings is 1.